The Hall–Kier alpha value is -1.00. The summed E-state index contributed by atoms with van der Waals surface area (Å²) in [5, 5.41) is 12.0. The van der Waals surface area contributed by atoms with E-state index in [1.165, 1.54) is 0 Å². The second-order valence-electron chi connectivity index (χ2n) is 3.18. The van der Waals surface area contributed by atoms with E-state index in [9.17, 15) is 4.79 Å². The highest BCUT2D eigenvalue weighted by Crippen LogP contribution is 2.32. The van der Waals surface area contributed by atoms with Gasteiger partial charge in [0.2, 0.25) is 0 Å². The molecular formula is C10H11NO2S. The van der Waals surface area contributed by atoms with Crippen LogP contribution in [-0.2, 0) is 4.79 Å². The molecule has 0 bridgehead atoms. The molecule has 14 heavy (non-hydrogen) atoms. The van der Waals surface area contributed by atoms with Crippen LogP contribution in [0.5, 0.6) is 0 Å². The van der Waals surface area contributed by atoms with Crippen LogP contribution < -0.4 is 5.32 Å². The molecule has 0 saturated carbocycles. The second kappa shape index (κ2) is 4.02. The minimum absolute atomic E-state index is 0.123. The maximum Gasteiger partial charge on any atom is 0.321 e. The summed E-state index contributed by atoms with van der Waals surface area (Å²) >= 11 is 1.64. The van der Waals surface area contributed by atoms with Crippen LogP contribution in [0.4, 0.5) is 0 Å². The maximum atomic E-state index is 10.7. The predicted octanol–water partition coefficient (Wildman–Crippen LogP) is 1.47. The van der Waals surface area contributed by atoms with E-state index in [-0.39, 0.29) is 5.37 Å². The third-order valence-corrected chi connectivity index (χ3v) is 3.45. The van der Waals surface area contributed by atoms with Crippen molar-refractivity contribution < 1.29 is 9.90 Å². The van der Waals surface area contributed by atoms with Crippen LogP contribution in [0.2, 0.25) is 0 Å². The number of carboxylic acids is 1. The Morgan fingerprint density at radius 1 is 1.43 bits per heavy atom. The van der Waals surface area contributed by atoms with Gasteiger partial charge in [0.25, 0.3) is 0 Å². The molecule has 2 atom stereocenters. The predicted molar refractivity (Wildman–Crippen MR) is 56.2 cm³/mol. The molecule has 2 rings (SSSR count). The van der Waals surface area contributed by atoms with Crippen LogP contribution in [0.1, 0.15) is 10.9 Å². The Kier molecular flexibility index (Phi) is 2.74. The molecule has 0 aromatic heterocycles. The number of nitrogens with one attached hydrogen (secondary N) is 1. The van der Waals surface area contributed by atoms with Crippen LogP contribution in [0.25, 0.3) is 0 Å². The van der Waals surface area contributed by atoms with Crippen LogP contribution in [0.15, 0.2) is 30.3 Å². The fourth-order valence-electron chi connectivity index (χ4n) is 1.43. The third-order valence-electron chi connectivity index (χ3n) is 2.18. The normalized spacial score (nSPS) is 26.3. The van der Waals surface area contributed by atoms with Gasteiger partial charge in [-0.15, -0.1) is 11.8 Å². The molecule has 0 aliphatic carbocycles. The van der Waals surface area contributed by atoms with Gasteiger partial charge in [0.05, 0.1) is 5.37 Å². The first-order chi connectivity index (χ1) is 6.77. The van der Waals surface area contributed by atoms with Crippen molar-refractivity contribution in [3.05, 3.63) is 35.9 Å². The van der Waals surface area contributed by atoms with Gasteiger partial charge in [0.1, 0.15) is 6.04 Å². The van der Waals surface area contributed by atoms with E-state index in [1.54, 1.807) is 11.8 Å². The molecule has 1 aliphatic rings. The highest BCUT2D eigenvalue weighted by Gasteiger charge is 2.29. The molecule has 1 fully saturated rings. The first kappa shape index (κ1) is 9.55. The van der Waals surface area contributed by atoms with Gasteiger partial charge in [-0.1, -0.05) is 30.3 Å². The SMILES string of the molecule is O=C(O)[C@H]1CS[C@H](c2ccccc2)N1. The Bertz CT molecular complexity index is 328. The Labute approximate surface area is 86.5 Å². The fourth-order valence-corrected chi connectivity index (χ4v) is 2.67. The lowest BCUT2D eigenvalue weighted by Crippen LogP contribution is -2.33. The summed E-state index contributed by atoms with van der Waals surface area (Å²) in [5.74, 6) is -0.134. The zero-order valence-corrected chi connectivity index (χ0v) is 8.33. The summed E-state index contributed by atoms with van der Waals surface area (Å²) in [4.78, 5) is 10.7. The lowest BCUT2D eigenvalue weighted by molar-refractivity contribution is -0.138. The van der Waals surface area contributed by atoms with Crippen LogP contribution >= 0.6 is 11.8 Å². The average molecular weight is 209 g/mol. The van der Waals surface area contributed by atoms with Gasteiger partial charge in [0, 0.05) is 5.75 Å². The molecule has 0 amide bonds. The van der Waals surface area contributed by atoms with Gasteiger partial charge in [-0.2, -0.15) is 0 Å². The molecular weight excluding hydrogens is 198 g/mol. The standard InChI is InChI=1S/C10H11NO2S/c12-10(13)8-6-14-9(11-8)7-4-2-1-3-5-7/h1-5,8-9,11H,6H2,(H,12,13)/t8-,9-/m1/s1. The molecule has 1 saturated heterocycles. The number of benzene rings is 1. The van der Waals surface area contributed by atoms with Crippen molar-refractivity contribution in [3.8, 4) is 0 Å². The van der Waals surface area contributed by atoms with E-state index in [1.807, 2.05) is 30.3 Å². The number of thioether (sulfide) groups is 1. The highest BCUT2D eigenvalue weighted by molar-refractivity contribution is 7.99. The molecule has 1 heterocycles. The molecule has 0 unspecified atom stereocenters. The van der Waals surface area contributed by atoms with Gasteiger partial charge < -0.3 is 5.11 Å². The van der Waals surface area contributed by atoms with E-state index in [2.05, 4.69) is 5.32 Å². The minimum Gasteiger partial charge on any atom is -0.480 e. The molecule has 2 N–H and O–H groups in total. The summed E-state index contributed by atoms with van der Waals surface area (Å²) in [5.41, 5.74) is 1.14. The molecule has 4 heteroatoms. The number of carbonyl (C=O) groups is 1. The van der Waals surface area contributed by atoms with E-state index in [0.29, 0.717) is 5.75 Å². The molecule has 74 valence electrons. The maximum absolute atomic E-state index is 10.7. The summed E-state index contributed by atoms with van der Waals surface area (Å²) in [6, 6.07) is 9.49. The Morgan fingerprint density at radius 3 is 2.71 bits per heavy atom. The van der Waals surface area contributed by atoms with Crippen molar-refractivity contribution in [3.63, 3.8) is 0 Å². The van der Waals surface area contributed by atoms with Gasteiger partial charge in [-0.05, 0) is 5.56 Å². The summed E-state index contributed by atoms with van der Waals surface area (Å²) in [6.07, 6.45) is 0. The van der Waals surface area contributed by atoms with E-state index < -0.39 is 12.0 Å². The van der Waals surface area contributed by atoms with Crippen LogP contribution in [0.3, 0.4) is 0 Å². The summed E-state index contributed by atoms with van der Waals surface area (Å²) in [6.45, 7) is 0. The van der Waals surface area contributed by atoms with Gasteiger partial charge >= 0.3 is 5.97 Å². The van der Waals surface area contributed by atoms with Crippen LogP contribution in [0, 0.1) is 0 Å². The van der Waals surface area contributed by atoms with E-state index in [0.717, 1.165) is 5.56 Å². The molecule has 0 spiro atoms. The van der Waals surface area contributed by atoms with Crippen molar-refractivity contribution in [1.82, 2.24) is 5.32 Å². The zero-order valence-electron chi connectivity index (χ0n) is 7.51. The van der Waals surface area contributed by atoms with E-state index in [4.69, 9.17) is 5.11 Å². The molecule has 1 aliphatic heterocycles. The van der Waals surface area contributed by atoms with Crippen molar-refractivity contribution in [2.75, 3.05) is 5.75 Å². The lowest BCUT2D eigenvalue weighted by atomic mass is 10.2. The lowest BCUT2D eigenvalue weighted by Gasteiger charge is -2.10. The smallest absolute Gasteiger partial charge is 0.321 e. The topological polar surface area (TPSA) is 49.3 Å². The second-order valence-corrected chi connectivity index (χ2v) is 4.32. The quantitative estimate of drug-likeness (QED) is 0.774. The monoisotopic (exact) mass is 209 g/mol. The van der Waals surface area contributed by atoms with Gasteiger partial charge in [0.15, 0.2) is 0 Å². The Morgan fingerprint density at radius 2 is 2.14 bits per heavy atom. The number of rotatable bonds is 2. The first-order valence-electron chi connectivity index (χ1n) is 4.43. The van der Waals surface area contributed by atoms with Crippen molar-refractivity contribution >= 4 is 17.7 Å². The highest BCUT2D eigenvalue weighted by atomic mass is 32.2. The van der Waals surface area contributed by atoms with Gasteiger partial charge in [-0.25, -0.2) is 0 Å². The molecule has 1 aromatic rings. The largest absolute Gasteiger partial charge is 0.480 e. The third kappa shape index (κ3) is 1.91. The first-order valence-corrected chi connectivity index (χ1v) is 5.47. The van der Waals surface area contributed by atoms with Gasteiger partial charge in [-0.3, -0.25) is 10.1 Å². The van der Waals surface area contributed by atoms with Crippen molar-refractivity contribution in [2.24, 2.45) is 0 Å². The number of aliphatic carboxylic acids is 1. The summed E-state index contributed by atoms with van der Waals surface area (Å²) in [7, 11) is 0. The minimum atomic E-state index is -0.768. The average Bonchev–Trinajstić information content (AvgIpc) is 2.68. The number of hydrogen-bond donors (Lipinski definition) is 2. The van der Waals surface area contributed by atoms with E-state index >= 15 is 0 Å². The van der Waals surface area contributed by atoms with Crippen LogP contribution in [-0.4, -0.2) is 22.9 Å². The van der Waals surface area contributed by atoms with Crippen molar-refractivity contribution in [1.29, 1.82) is 0 Å². The molecule has 0 radical (unpaired) electrons. The van der Waals surface area contributed by atoms with Crippen molar-refractivity contribution in [2.45, 2.75) is 11.4 Å². The molecule has 1 aromatic carbocycles. The fraction of sp³-hybridized carbons (Fsp3) is 0.300. The molecule has 3 nitrogen and oxygen atoms in total. The number of hydrogen-bond acceptors (Lipinski definition) is 3. The summed E-state index contributed by atoms with van der Waals surface area (Å²) < 4.78 is 0. The number of carboxylic acid groups (broad SMARTS) is 1. The zero-order chi connectivity index (χ0) is 9.97. The Balaban J connectivity index is 2.06.